The van der Waals surface area contributed by atoms with Crippen LogP contribution >= 0.6 is 0 Å². The van der Waals surface area contributed by atoms with Gasteiger partial charge in [-0.15, -0.1) is 0 Å². The highest BCUT2D eigenvalue weighted by Gasteiger charge is 2.21. The molecule has 4 heteroatoms. The second-order valence-electron chi connectivity index (χ2n) is 3.80. The van der Waals surface area contributed by atoms with E-state index in [2.05, 4.69) is 5.16 Å². The van der Waals surface area contributed by atoms with E-state index in [4.69, 9.17) is 9.26 Å². The van der Waals surface area contributed by atoms with E-state index in [1.807, 2.05) is 20.8 Å². The minimum atomic E-state index is -0.485. The van der Waals surface area contributed by atoms with Gasteiger partial charge in [-0.25, -0.2) is 4.79 Å². The maximum atomic E-state index is 11.4. The zero-order chi connectivity index (χ0) is 10.1. The maximum Gasteiger partial charge on any atom is 0.343 e. The second kappa shape index (κ2) is 3.20. The quantitative estimate of drug-likeness (QED) is 0.624. The summed E-state index contributed by atoms with van der Waals surface area (Å²) in [6, 6.07) is 0. The third-order valence-corrected chi connectivity index (χ3v) is 1.37. The summed E-state index contributed by atoms with van der Waals surface area (Å²) in [7, 11) is 0. The van der Waals surface area contributed by atoms with Gasteiger partial charge in [-0.1, -0.05) is 5.16 Å². The number of carbonyl (C=O) groups excluding carboxylic acids is 1. The Morgan fingerprint density at radius 1 is 1.54 bits per heavy atom. The van der Waals surface area contributed by atoms with Crippen LogP contribution in [0.2, 0.25) is 0 Å². The molecule has 0 radical (unpaired) electrons. The van der Waals surface area contributed by atoms with Crippen molar-refractivity contribution in [1.29, 1.82) is 0 Å². The molecular weight excluding hydrogens is 170 g/mol. The third kappa shape index (κ3) is 2.57. The second-order valence-corrected chi connectivity index (χ2v) is 3.80. The average Bonchev–Trinajstić information content (AvgIpc) is 2.30. The molecule has 0 unspecified atom stereocenters. The van der Waals surface area contributed by atoms with Gasteiger partial charge in [-0.05, 0) is 27.7 Å². The zero-order valence-electron chi connectivity index (χ0n) is 8.25. The highest BCUT2D eigenvalue weighted by molar-refractivity contribution is 5.90. The predicted molar refractivity (Wildman–Crippen MR) is 46.4 cm³/mol. The fourth-order valence-electron chi connectivity index (χ4n) is 0.828. The van der Waals surface area contributed by atoms with E-state index in [1.54, 1.807) is 6.92 Å². The van der Waals surface area contributed by atoms with Gasteiger partial charge >= 0.3 is 5.97 Å². The van der Waals surface area contributed by atoms with Crippen molar-refractivity contribution in [2.24, 2.45) is 0 Å². The van der Waals surface area contributed by atoms with E-state index in [1.165, 1.54) is 6.20 Å². The SMILES string of the molecule is Cc1oncc1C(=O)OC(C)(C)C. The van der Waals surface area contributed by atoms with E-state index in [-0.39, 0.29) is 0 Å². The first-order chi connectivity index (χ1) is 5.90. The number of esters is 1. The van der Waals surface area contributed by atoms with Crippen LogP contribution < -0.4 is 0 Å². The van der Waals surface area contributed by atoms with Crippen molar-refractivity contribution in [1.82, 2.24) is 5.16 Å². The molecule has 0 aliphatic heterocycles. The minimum absolute atomic E-state index is 0.384. The van der Waals surface area contributed by atoms with Gasteiger partial charge in [0, 0.05) is 0 Å². The Kier molecular flexibility index (Phi) is 2.40. The first-order valence-electron chi connectivity index (χ1n) is 4.05. The van der Waals surface area contributed by atoms with Crippen LogP contribution in [0.1, 0.15) is 36.9 Å². The molecule has 0 N–H and O–H groups in total. The van der Waals surface area contributed by atoms with Crippen molar-refractivity contribution in [3.05, 3.63) is 17.5 Å². The van der Waals surface area contributed by atoms with Gasteiger partial charge in [0.15, 0.2) is 0 Å². The van der Waals surface area contributed by atoms with E-state index in [0.29, 0.717) is 11.3 Å². The summed E-state index contributed by atoms with van der Waals surface area (Å²) in [5.74, 6) is 0.0838. The molecule has 0 aromatic carbocycles. The molecule has 4 nitrogen and oxygen atoms in total. The summed E-state index contributed by atoms with van der Waals surface area (Å²) in [6.07, 6.45) is 1.36. The molecule has 0 saturated heterocycles. The van der Waals surface area contributed by atoms with Crippen LogP contribution in [0.15, 0.2) is 10.7 Å². The third-order valence-electron chi connectivity index (χ3n) is 1.37. The predicted octanol–water partition coefficient (Wildman–Crippen LogP) is 1.94. The number of aromatic nitrogens is 1. The molecule has 0 amide bonds. The number of rotatable bonds is 1. The molecule has 1 aromatic heterocycles. The molecule has 1 rings (SSSR count). The van der Waals surface area contributed by atoms with Crippen LogP contribution in [0.25, 0.3) is 0 Å². The number of hydrogen-bond donors (Lipinski definition) is 0. The van der Waals surface area contributed by atoms with Crippen LogP contribution in [0.5, 0.6) is 0 Å². The number of nitrogens with zero attached hydrogens (tertiary/aromatic N) is 1. The van der Waals surface area contributed by atoms with Crippen molar-refractivity contribution >= 4 is 5.97 Å². The lowest BCUT2D eigenvalue weighted by Gasteiger charge is -2.18. The van der Waals surface area contributed by atoms with Crippen LogP contribution in [0.3, 0.4) is 0 Å². The molecule has 1 aromatic rings. The van der Waals surface area contributed by atoms with E-state index >= 15 is 0 Å². The fraction of sp³-hybridized carbons (Fsp3) is 0.556. The Hall–Kier alpha value is -1.32. The summed E-state index contributed by atoms with van der Waals surface area (Å²) >= 11 is 0. The van der Waals surface area contributed by atoms with Crippen LogP contribution in [0.4, 0.5) is 0 Å². The molecule has 1 heterocycles. The molecule has 0 aliphatic carbocycles. The zero-order valence-corrected chi connectivity index (χ0v) is 8.25. The topological polar surface area (TPSA) is 52.3 Å². The van der Waals surface area contributed by atoms with Gasteiger partial charge in [0.1, 0.15) is 16.9 Å². The number of carbonyl (C=O) groups is 1. The highest BCUT2D eigenvalue weighted by Crippen LogP contribution is 2.14. The van der Waals surface area contributed by atoms with Gasteiger partial charge < -0.3 is 9.26 Å². The van der Waals surface area contributed by atoms with Crippen molar-refractivity contribution in [2.75, 3.05) is 0 Å². The number of aryl methyl sites for hydroxylation is 1. The van der Waals surface area contributed by atoms with Gasteiger partial charge in [-0.3, -0.25) is 0 Å². The molecule has 0 spiro atoms. The van der Waals surface area contributed by atoms with Crippen LogP contribution in [0, 0.1) is 6.92 Å². The molecule has 0 atom stereocenters. The fourth-order valence-corrected chi connectivity index (χ4v) is 0.828. The molecule has 0 bridgehead atoms. The normalized spacial score (nSPS) is 11.4. The largest absolute Gasteiger partial charge is 0.456 e. The molecule has 0 saturated carbocycles. The smallest absolute Gasteiger partial charge is 0.343 e. The van der Waals surface area contributed by atoms with Crippen molar-refractivity contribution in [3.63, 3.8) is 0 Å². The van der Waals surface area contributed by atoms with E-state index in [0.717, 1.165) is 0 Å². The molecule has 72 valence electrons. The maximum absolute atomic E-state index is 11.4. The average molecular weight is 183 g/mol. The summed E-state index contributed by atoms with van der Waals surface area (Å²) < 4.78 is 9.87. The molecular formula is C9H13NO3. The Labute approximate surface area is 76.9 Å². The van der Waals surface area contributed by atoms with Crippen molar-refractivity contribution < 1.29 is 14.1 Å². The summed E-state index contributed by atoms with van der Waals surface area (Å²) in [4.78, 5) is 11.4. The minimum Gasteiger partial charge on any atom is -0.456 e. The Bertz CT molecular complexity index is 309. The lowest BCUT2D eigenvalue weighted by Crippen LogP contribution is -2.23. The lowest BCUT2D eigenvalue weighted by molar-refractivity contribution is 0.00678. The number of ether oxygens (including phenoxy) is 1. The van der Waals surface area contributed by atoms with Crippen molar-refractivity contribution in [3.8, 4) is 0 Å². The van der Waals surface area contributed by atoms with Gasteiger partial charge in [0.25, 0.3) is 0 Å². The van der Waals surface area contributed by atoms with Gasteiger partial charge in [0.05, 0.1) is 6.20 Å². The Morgan fingerprint density at radius 3 is 2.54 bits per heavy atom. The standard InChI is InChI=1S/C9H13NO3/c1-6-7(5-10-13-6)8(11)12-9(2,3)4/h5H,1-4H3. The van der Waals surface area contributed by atoms with E-state index < -0.39 is 11.6 Å². The summed E-state index contributed by atoms with van der Waals surface area (Å²) in [6.45, 7) is 7.11. The first-order valence-corrected chi connectivity index (χ1v) is 4.05. The van der Waals surface area contributed by atoms with Crippen molar-refractivity contribution in [2.45, 2.75) is 33.3 Å². The highest BCUT2D eigenvalue weighted by atomic mass is 16.6. The monoisotopic (exact) mass is 183 g/mol. The number of hydrogen-bond acceptors (Lipinski definition) is 4. The van der Waals surface area contributed by atoms with Crippen LogP contribution in [-0.2, 0) is 4.74 Å². The summed E-state index contributed by atoms with van der Waals surface area (Å²) in [5, 5.41) is 3.50. The Morgan fingerprint density at radius 2 is 2.15 bits per heavy atom. The van der Waals surface area contributed by atoms with E-state index in [9.17, 15) is 4.79 Å². The lowest BCUT2D eigenvalue weighted by atomic mass is 10.2. The molecule has 13 heavy (non-hydrogen) atoms. The van der Waals surface area contributed by atoms with Gasteiger partial charge in [0.2, 0.25) is 0 Å². The van der Waals surface area contributed by atoms with Crippen LogP contribution in [-0.4, -0.2) is 16.7 Å². The molecule has 0 fully saturated rings. The Balaban J connectivity index is 2.76. The first kappa shape index (κ1) is 9.77. The summed E-state index contributed by atoms with van der Waals surface area (Å²) in [5.41, 5.74) is -0.101. The van der Waals surface area contributed by atoms with Gasteiger partial charge in [-0.2, -0.15) is 0 Å². The molecule has 0 aliphatic rings.